The molecule has 2 atom stereocenters. The van der Waals surface area contributed by atoms with Gasteiger partial charge in [-0.25, -0.2) is 23.1 Å². The molecular formula is C29H37N7O6S3. The van der Waals surface area contributed by atoms with E-state index in [4.69, 9.17) is 0 Å². The van der Waals surface area contributed by atoms with E-state index in [1.165, 1.54) is 27.6 Å². The summed E-state index contributed by atoms with van der Waals surface area (Å²) in [5.74, 6) is -1.69. The highest BCUT2D eigenvalue weighted by atomic mass is 32.2. The minimum absolute atomic E-state index is 0.0236. The summed E-state index contributed by atoms with van der Waals surface area (Å²) < 4.78 is 25.3. The van der Waals surface area contributed by atoms with Gasteiger partial charge in [-0.2, -0.15) is 0 Å². The molecule has 242 valence electrons. The number of thiazole rings is 2. The molecule has 1 aliphatic rings. The van der Waals surface area contributed by atoms with Crippen molar-refractivity contribution in [2.75, 3.05) is 32.4 Å². The molecule has 4 rings (SSSR count). The molecule has 1 aromatic carbocycles. The van der Waals surface area contributed by atoms with Crippen molar-refractivity contribution in [3.8, 4) is 0 Å². The van der Waals surface area contributed by atoms with Gasteiger partial charge in [0, 0.05) is 36.8 Å². The Morgan fingerprint density at radius 3 is 2.38 bits per heavy atom. The Bertz CT molecular complexity index is 1610. The summed E-state index contributed by atoms with van der Waals surface area (Å²) in [6.45, 7) is 3.85. The van der Waals surface area contributed by atoms with Gasteiger partial charge < -0.3 is 20.9 Å². The summed E-state index contributed by atoms with van der Waals surface area (Å²) in [4.78, 5) is 63.1. The fraction of sp³-hybridized carbons (Fsp3) is 0.448. The highest BCUT2D eigenvalue weighted by Crippen LogP contribution is 2.27. The Labute approximate surface area is 270 Å². The summed E-state index contributed by atoms with van der Waals surface area (Å²) in [6, 6.07) is 8.49. The van der Waals surface area contributed by atoms with Crippen LogP contribution in [0.5, 0.6) is 0 Å². The molecule has 0 fully saturated rings. The molecule has 4 N–H and O–H groups in total. The number of carbonyl (C=O) groups excluding carboxylic acids is 4. The SMILES string of the molecule is CC(C)[C@@H]1NC(=O)c2csc(n2)[C@H](Cc2ccccc2)NC(=O)CN(C(=O)CCNS(C)(=O)=O)CCCNC(=O)c2csc1n2. The lowest BCUT2D eigenvalue weighted by Crippen LogP contribution is -2.44. The maximum atomic E-state index is 13.4. The van der Waals surface area contributed by atoms with E-state index in [0.29, 0.717) is 22.9 Å². The second-order valence-electron chi connectivity index (χ2n) is 11.0. The number of fused-ring (bicyclic) bond motifs is 4. The van der Waals surface area contributed by atoms with Gasteiger partial charge in [0.25, 0.3) is 11.8 Å². The van der Waals surface area contributed by atoms with E-state index < -0.39 is 45.7 Å². The quantitative estimate of drug-likeness (QED) is 0.294. The van der Waals surface area contributed by atoms with Gasteiger partial charge in [0.2, 0.25) is 21.8 Å². The van der Waals surface area contributed by atoms with Gasteiger partial charge in [-0.3, -0.25) is 19.2 Å². The highest BCUT2D eigenvalue weighted by molar-refractivity contribution is 7.88. The van der Waals surface area contributed by atoms with Crippen LogP contribution in [0.2, 0.25) is 0 Å². The van der Waals surface area contributed by atoms with Gasteiger partial charge in [0.1, 0.15) is 21.4 Å². The van der Waals surface area contributed by atoms with Crippen LogP contribution >= 0.6 is 22.7 Å². The Kier molecular flexibility index (Phi) is 11.8. The number of hydrogen-bond acceptors (Lipinski definition) is 10. The molecule has 3 heterocycles. The Morgan fingerprint density at radius 1 is 1.02 bits per heavy atom. The number of nitrogens with one attached hydrogen (secondary N) is 4. The van der Waals surface area contributed by atoms with Crippen molar-refractivity contribution < 1.29 is 27.6 Å². The predicted octanol–water partition coefficient (Wildman–Crippen LogP) is 2.03. The van der Waals surface area contributed by atoms with E-state index in [0.717, 1.165) is 11.8 Å². The molecule has 0 spiro atoms. The van der Waals surface area contributed by atoms with E-state index in [9.17, 15) is 27.6 Å². The first-order valence-electron chi connectivity index (χ1n) is 14.4. The topological polar surface area (TPSA) is 180 Å². The van der Waals surface area contributed by atoms with E-state index in [-0.39, 0.29) is 49.9 Å². The Morgan fingerprint density at radius 2 is 1.69 bits per heavy atom. The number of carbonyl (C=O) groups is 4. The van der Waals surface area contributed by atoms with E-state index in [2.05, 4.69) is 30.6 Å². The summed E-state index contributed by atoms with van der Waals surface area (Å²) in [5, 5.41) is 13.2. The molecule has 3 aromatic rings. The molecule has 0 aliphatic carbocycles. The molecular weight excluding hydrogens is 639 g/mol. The molecule has 2 aromatic heterocycles. The van der Waals surface area contributed by atoms with Gasteiger partial charge >= 0.3 is 0 Å². The number of sulfonamides is 1. The molecule has 0 saturated carbocycles. The molecule has 4 bridgehead atoms. The van der Waals surface area contributed by atoms with Gasteiger partial charge in [0.05, 0.1) is 24.9 Å². The van der Waals surface area contributed by atoms with Crippen LogP contribution in [0.15, 0.2) is 41.1 Å². The van der Waals surface area contributed by atoms with Crippen molar-refractivity contribution in [2.24, 2.45) is 5.92 Å². The lowest BCUT2D eigenvalue weighted by atomic mass is 10.0. The van der Waals surface area contributed by atoms with Crippen molar-refractivity contribution in [3.05, 3.63) is 68.1 Å². The number of nitrogens with zero attached hydrogens (tertiary/aromatic N) is 3. The number of rotatable bonds is 7. The van der Waals surface area contributed by atoms with Crippen LogP contribution in [0.4, 0.5) is 0 Å². The second-order valence-corrected chi connectivity index (χ2v) is 14.6. The second kappa shape index (κ2) is 15.5. The van der Waals surface area contributed by atoms with Crippen LogP contribution in [-0.4, -0.2) is 79.3 Å². The third-order valence-electron chi connectivity index (χ3n) is 6.93. The zero-order valence-electron chi connectivity index (χ0n) is 25.2. The summed E-state index contributed by atoms with van der Waals surface area (Å²) in [7, 11) is -3.49. The van der Waals surface area contributed by atoms with Crippen LogP contribution in [0.1, 0.15) is 75.3 Å². The van der Waals surface area contributed by atoms with Crippen LogP contribution in [0, 0.1) is 5.92 Å². The van der Waals surface area contributed by atoms with Crippen LogP contribution < -0.4 is 20.7 Å². The Hall–Kier alpha value is -3.73. The Balaban J connectivity index is 1.63. The lowest BCUT2D eigenvalue weighted by molar-refractivity contribution is -0.136. The minimum atomic E-state index is -3.49. The molecule has 45 heavy (non-hydrogen) atoms. The third kappa shape index (κ3) is 10.1. The minimum Gasteiger partial charge on any atom is -0.351 e. The summed E-state index contributed by atoms with van der Waals surface area (Å²) >= 11 is 2.53. The fourth-order valence-corrected chi connectivity index (χ4v) is 6.98. The van der Waals surface area contributed by atoms with Crippen molar-refractivity contribution in [3.63, 3.8) is 0 Å². The van der Waals surface area contributed by atoms with Crippen LogP contribution in [0.3, 0.4) is 0 Å². The van der Waals surface area contributed by atoms with Crippen LogP contribution in [0.25, 0.3) is 0 Å². The predicted molar refractivity (Wildman–Crippen MR) is 171 cm³/mol. The first kappa shape index (κ1) is 34.1. The molecule has 0 unspecified atom stereocenters. The van der Waals surface area contributed by atoms with Crippen LogP contribution in [-0.2, 0) is 26.0 Å². The van der Waals surface area contributed by atoms with E-state index >= 15 is 0 Å². The average molecular weight is 676 g/mol. The average Bonchev–Trinajstić information content (AvgIpc) is 3.67. The molecule has 13 nitrogen and oxygen atoms in total. The van der Waals surface area contributed by atoms with Crippen molar-refractivity contribution >= 4 is 56.3 Å². The van der Waals surface area contributed by atoms with E-state index in [1.54, 1.807) is 10.8 Å². The van der Waals surface area contributed by atoms with Crippen molar-refractivity contribution in [1.82, 2.24) is 35.5 Å². The van der Waals surface area contributed by atoms with Gasteiger partial charge in [0.15, 0.2) is 0 Å². The molecule has 1 aliphatic heterocycles. The van der Waals surface area contributed by atoms with Gasteiger partial charge in [-0.05, 0) is 24.3 Å². The molecule has 16 heteroatoms. The number of benzene rings is 1. The third-order valence-corrected chi connectivity index (χ3v) is 9.54. The molecule has 0 saturated heterocycles. The monoisotopic (exact) mass is 675 g/mol. The van der Waals surface area contributed by atoms with Crippen molar-refractivity contribution in [2.45, 2.75) is 45.2 Å². The van der Waals surface area contributed by atoms with E-state index in [1.807, 2.05) is 44.2 Å². The largest absolute Gasteiger partial charge is 0.351 e. The lowest BCUT2D eigenvalue weighted by Gasteiger charge is -2.24. The first-order chi connectivity index (χ1) is 21.4. The maximum Gasteiger partial charge on any atom is 0.271 e. The highest BCUT2D eigenvalue weighted by Gasteiger charge is 2.27. The van der Waals surface area contributed by atoms with Gasteiger partial charge in [-0.15, -0.1) is 22.7 Å². The zero-order valence-corrected chi connectivity index (χ0v) is 27.7. The maximum absolute atomic E-state index is 13.4. The molecule has 4 amide bonds. The van der Waals surface area contributed by atoms with Crippen molar-refractivity contribution in [1.29, 1.82) is 0 Å². The normalized spacial score (nSPS) is 18.8. The number of amides is 4. The summed E-state index contributed by atoms with van der Waals surface area (Å²) in [6.07, 6.45) is 1.59. The standard InChI is InChI=1S/C29H37N7O6S3/c1-18(2)25-29-34-21(16-44-29)26(39)30-11-7-13-36(24(38)10-12-31-45(3,41)42)15-23(37)32-20(14-19-8-5-4-6-9-19)28-33-22(17-43-28)27(40)35-25/h4-6,8-9,16-18,20,25,31H,7,10-15H2,1-3H3,(H,30,39)(H,32,37)(H,35,40)/t20-,25-/m0/s1. The van der Waals surface area contributed by atoms with Gasteiger partial charge in [-0.1, -0.05) is 44.2 Å². The smallest absolute Gasteiger partial charge is 0.271 e. The number of aromatic nitrogens is 2. The molecule has 0 radical (unpaired) electrons. The fourth-order valence-electron chi connectivity index (χ4n) is 4.63. The zero-order chi connectivity index (χ0) is 32.6. The first-order valence-corrected chi connectivity index (χ1v) is 18.1. The number of hydrogen-bond donors (Lipinski definition) is 4. The summed E-state index contributed by atoms with van der Waals surface area (Å²) in [5.41, 5.74) is 1.35.